The Morgan fingerprint density at radius 3 is 3.00 bits per heavy atom. The normalized spacial score (nSPS) is 17.8. The average Bonchev–Trinajstić information content (AvgIpc) is 2.83. The van der Waals surface area contributed by atoms with E-state index in [1.54, 1.807) is 11.3 Å². The van der Waals surface area contributed by atoms with E-state index >= 15 is 0 Å². The molecule has 1 atom stereocenters. The third-order valence-corrected chi connectivity index (χ3v) is 4.54. The van der Waals surface area contributed by atoms with Crippen molar-refractivity contribution in [2.24, 2.45) is 0 Å². The summed E-state index contributed by atoms with van der Waals surface area (Å²) < 4.78 is 5.86. The summed E-state index contributed by atoms with van der Waals surface area (Å²) >= 11 is 1.80. The Morgan fingerprint density at radius 1 is 1.39 bits per heavy atom. The van der Waals surface area contributed by atoms with Gasteiger partial charge in [-0.3, -0.25) is 0 Å². The number of thiophene rings is 1. The number of hydrogen-bond acceptors (Lipinski definition) is 3. The van der Waals surface area contributed by atoms with Crippen LogP contribution in [0.1, 0.15) is 29.0 Å². The van der Waals surface area contributed by atoms with Crippen molar-refractivity contribution in [3.8, 4) is 5.75 Å². The van der Waals surface area contributed by atoms with E-state index in [4.69, 9.17) is 4.74 Å². The number of rotatable bonds is 2. The zero-order valence-corrected chi connectivity index (χ0v) is 11.5. The van der Waals surface area contributed by atoms with E-state index in [1.165, 1.54) is 16.0 Å². The number of benzene rings is 1. The predicted octanol–water partition coefficient (Wildman–Crippen LogP) is 4.16. The van der Waals surface area contributed by atoms with Crippen LogP contribution in [-0.4, -0.2) is 6.61 Å². The van der Waals surface area contributed by atoms with Crippen LogP contribution in [0.5, 0.6) is 5.75 Å². The second-order valence-electron chi connectivity index (χ2n) is 4.66. The molecule has 0 bridgehead atoms. The van der Waals surface area contributed by atoms with Crippen LogP contribution >= 0.6 is 11.3 Å². The predicted molar refractivity (Wildman–Crippen MR) is 76.7 cm³/mol. The lowest BCUT2D eigenvalue weighted by Gasteiger charge is -2.27. The van der Waals surface area contributed by atoms with Crippen LogP contribution in [0.2, 0.25) is 0 Å². The molecule has 1 unspecified atom stereocenters. The fraction of sp³-hybridized carbons (Fsp3) is 0.333. The molecule has 3 rings (SSSR count). The monoisotopic (exact) mass is 259 g/mol. The maximum absolute atomic E-state index is 5.86. The van der Waals surface area contributed by atoms with Crippen LogP contribution in [0.3, 0.4) is 0 Å². The van der Waals surface area contributed by atoms with Crippen molar-refractivity contribution in [2.45, 2.75) is 26.3 Å². The fourth-order valence-corrected chi connectivity index (χ4v) is 3.28. The van der Waals surface area contributed by atoms with Crippen LogP contribution in [0.4, 0.5) is 5.69 Å². The lowest BCUT2D eigenvalue weighted by Crippen LogP contribution is -2.23. The summed E-state index contributed by atoms with van der Waals surface area (Å²) in [5.74, 6) is 0.970. The van der Waals surface area contributed by atoms with Gasteiger partial charge in [0.25, 0.3) is 0 Å². The van der Waals surface area contributed by atoms with Gasteiger partial charge in [-0.15, -0.1) is 11.3 Å². The second kappa shape index (κ2) is 4.65. The Balaban J connectivity index is 1.90. The molecule has 18 heavy (non-hydrogen) atoms. The van der Waals surface area contributed by atoms with Crippen molar-refractivity contribution in [3.05, 3.63) is 45.6 Å². The first-order valence-corrected chi connectivity index (χ1v) is 7.22. The Bertz CT molecular complexity index is 561. The molecule has 2 nitrogen and oxygen atoms in total. The van der Waals surface area contributed by atoms with Crippen LogP contribution < -0.4 is 10.1 Å². The molecule has 94 valence electrons. The Kier molecular flexibility index (Phi) is 3.00. The lowest BCUT2D eigenvalue weighted by atomic mass is 10.1. The molecule has 0 amide bonds. The number of aryl methyl sites for hydroxylation is 2. The van der Waals surface area contributed by atoms with Gasteiger partial charge < -0.3 is 10.1 Å². The standard InChI is InChI=1S/C15H17NOS/c1-3-11-4-5-14-12(8-11)16-13(9-17-14)15-10(2)6-7-18-15/h4-8,13,16H,3,9H2,1-2H3. The van der Waals surface area contributed by atoms with Gasteiger partial charge in [-0.1, -0.05) is 13.0 Å². The minimum Gasteiger partial charge on any atom is -0.489 e. The molecule has 0 spiro atoms. The van der Waals surface area contributed by atoms with Crippen molar-refractivity contribution in [3.63, 3.8) is 0 Å². The maximum Gasteiger partial charge on any atom is 0.142 e. The SMILES string of the molecule is CCc1ccc2c(c1)NC(c1sccc1C)CO2. The molecule has 2 heterocycles. The molecular weight excluding hydrogens is 242 g/mol. The molecule has 1 N–H and O–H groups in total. The highest BCUT2D eigenvalue weighted by Crippen LogP contribution is 2.36. The van der Waals surface area contributed by atoms with E-state index < -0.39 is 0 Å². The third-order valence-electron chi connectivity index (χ3n) is 3.41. The van der Waals surface area contributed by atoms with E-state index in [9.17, 15) is 0 Å². The minimum absolute atomic E-state index is 0.282. The summed E-state index contributed by atoms with van der Waals surface area (Å²) in [4.78, 5) is 1.38. The zero-order valence-electron chi connectivity index (χ0n) is 10.7. The molecule has 2 aromatic rings. The van der Waals surface area contributed by atoms with E-state index in [2.05, 4.69) is 48.8 Å². The highest BCUT2D eigenvalue weighted by atomic mass is 32.1. The molecule has 1 aliphatic heterocycles. The first kappa shape index (κ1) is 11.6. The average molecular weight is 259 g/mol. The van der Waals surface area contributed by atoms with Gasteiger partial charge in [-0.2, -0.15) is 0 Å². The smallest absolute Gasteiger partial charge is 0.142 e. The summed E-state index contributed by atoms with van der Waals surface area (Å²) in [7, 11) is 0. The number of anilines is 1. The molecule has 0 saturated heterocycles. The Labute approximate surface area is 112 Å². The first-order chi connectivity index (χ1) is 8.78. The molecule has 1 aromatic carbocycles. The Hall–Kier alpha value is -1.48. The van der Waals surface area contributed by atoms with Crippen molar-refractivity contribution < 1.29 is 4.74 Å². The maximum atomic E-state index is 5.86. The van der Waals surface area contributed by atoms with Gasteiger partial charge in [-0.05, 0) is 48.1 Å². The number of hydrogen-bond donors (Lipinski definition) is 1. The van der Waals surface area contributed by atoms with E-state index in [0.717, 1.165) is 17.9 Å². The van der Waals surface area contributed by atoms with Gasteiger partial charge in [0.15, 0.2) is 0 Å². The highest BCUT2D eigenvalue weighted by Gasteiger charge is 2.22. The van der Waals surface area contributed by atoms with Gasteiger partial charge in [0.1, 0.15) is 12.4 Å². The summed E-state index contributed by atoms with van der Waals surface area (Å²) in [5.41, 5.74) is 3.81. The summed E-state index contributed by atoms with van der Waals surface area (Å²) in [6.07, 6.45) is 1.05. The third kappa shape index (κ3) is 1.99. The van der Waals surface area contributed by atoms with Gasteiger partial charge >= 0.3 is 0 Å². The molecule has 1 aromatic heterocycles. The largest absolute Gasteiger partial charge is 0.489 e. The lowest BCUT2D eigenvalue weighted by molar-refractivity contribution is 0.287. The molecule has 0 fully saturated rings. The summed E-state index contributed by atoms with van der Waals surface area (Å²) in [6, 6.07) is 8.85. The highest BCUT2D eigenvalue weighted by molar-refractivity contribution is 7.10. The fourth-order valence-electron chi connectivity index (χ4n) is 2.32. The second-order valence-corrected chi connectivity index (χ2v) is 5.61. The first-order valence-electron chi connectivity index (χ1n) is 6.34. The van der Waals surface area contributed by atoms with Gasteiger partial charge in [0, 0.05) is 4.88 Å². The van der Waals surface area contributed by atoms with Crippen molar-refractivity contribution >= 4 is 17.0 Å². The molecule has 0 aliphatic carbocycles. The molecular formula is C15H17NOS. The molecule has 1 aliphatic rings. The molecule has 0 radical (unpaired) electrons. The Morgan fingerprint density at radius 2 is 2.28 bits per heavy atom. The van der Waals surface area contributed by atoms with Crippen molar-refractivity contribution in [1.29, 1.82) is 0 Å². The molecule has 0 saturated carbocycles. The van der Waals surface area contributed by atoms with Crippen molar-refractivity contribution in [2.75, 3.05) is 11.9 Å². The van der Waals surface area contributed by atoms with Crippen LogP contribution in [0.25, 0.3) is 0 Å². The van der Waals surface area contributed by atoms with E-state index in [0.29, 0.717) is 6.61 Å². The molecule has 3 heteroatoms. The van der Waals surface area contributed by atoms with E-state index in [-0.39, 0.29) is 6.04 Å². The van der Waals surface area contributed by atoms with Crippen LogP contribution in [0, 0.1) is 6.92 Å². The van der Waals surface area contributed by atoms with Crippen LogP contribution in [-0.2, 0) is 6.42 Å². The number of ether oxygens (including phenoxy) is 1. The van der Waals surface area contributed by atoms with Gasteiger partial charge in [-0.25, -0.2) is 0 Å². The van der Waals surface area contributed by atoms with Gasteiger partial charge in [0.05, 0.1) is 11.7 Å². The topological polar surface area (TPSA) is 21.3 Å². The minimum atomic E-state index is 0.282. The number of fused-ring (bicyclic) bond motifs is 1. The zero-order chi connectivity index (χ0) is 12.5. The summed E-state index contributed by atoms with van der Waals surface area (Å²) in [5, 5.41) is 5.74. The quantitative estimate of drug-likeness (QED) is 0.874. The summed E-state index contributed by atoms with van der Waals surface area (Å²) in [6.45, 7) is 5.04. The van der Waals surface area contributed by atoms with E-state index in [1.807, 2.05) is 0 Å². The van der Waals surface area contributed by atoms with Gasteiger partial charge in [0.2, 0.25) is 0 Å². The van der Waals surface area contributed by atoms with Crippen molar-refractivity contribution in [1.82, 2.24) is 0 Å². The van der Waals surface area contributed by atoms with Crippen LogP contribution in [0.15, 0.2) is 29.6 Å². The number of nitrogens with one attached hydrogen (secondary N) is 1.